The van der Waals surface area contributed by atoms with E-state index in [1.165, 1.54) is 0 Å². The van der Waals surface area contributed by atoms with Gasteiger partial charge in [-0.05, 0) is 30.3 Å². The molecule has 1 aliphatic heterocycles. The SMILES string of the molecule is N=C(O/C(N)=N/C1N=C(c2ccccc2)c2ccccc2NC1=O)c1ccc(C(F)(F)F)cc1. The molecule has 1 amide bonds. The highest BCUT2D eigenvalue weighted by molar-refractivity contribution is 6.19. The first-order chi connectivity index (χ1) is 16.2. The second kappa shape index (κ2) is 9.18. The minimum absolute atomic E-state index is 0.0531. The molecule has 1 aliphatic rings. The zero-order valence-corrected chi connectivity index (χ0v) is 17.5. The number of carbonyl (C=O) groups excluding carboxylic acids is 1. The highest BCUT2D eigenvalue weighted by Crippen LogP contribution is 2.29. The minimum atomic E-state index is -4.50. The van der Waals surface area contributed by atoms with Crippen molar-refractivity contribution in [1.82, 2.24) is 0 Å². The topological polar surface area (TPSA) is 113 Å². The summed E-state index contributed by atoms with van der Waals surface area (Å²) in [5, 5.41) is 10.7. The van der Waals surface area contributed by atoms with Gasteiger partial charge in [0.05, 0.1) is 17.0 Å². The first kappa shape index (κ1) is 22.7. The third kappa shape index (κ3) is 4.96. The van der Waals surface area contributed by atoms with Crippen LogP contribution in [0.5, 0.6) is 0 Å². The van der Waals surface area contributed by atoms with Crippen molar-refractivity contribution in [2.24, 2.45) is 15.7 Å². The molecule has 0 aliphatic carbocycles. The summed E-state index contributed by atoms with van der Waals surface area (Å²) in [7, 11) is 0. The number of benzodiazepines with no additional fused rings is 1. The fourth-order valence-electron chi connectivity index (χ4n) is 3.28. The van der Waals surface area contributed by atoms with E-state index in [2.05, 4.69) is 15.3 Å². The number of benzene rings is 3. The maximum Gasteiger partial charge on any atom is 0.416 e. The smallest absolute Gasteiger partial charge is 0.407 e. The molecule has 0 radical (unpaired) electrons. The lowest BCUT2D eigenvalue weighted by molar-refractivity contribution is -0.137. The monoisotopic (exact) mass is 465 g/mol. The van der Waals surface area contributed by atoms with Crippen molar-refractivity contribution in [1.29, 1.82) is 5.41 Å². The summed E-state index contributed by atoms with van der Waals surface area (Å²) in [6.07, 6.45) is -5.82. The van der Waals surface area contributed by atoms with E-state index >= 15 is 0 Å². The molecule has 4 rings (SSSR count). The fourth-order valence-corrected chi connectivity index (χ4v) is 3.28. The second-order valence-corrected chi connectivity index (χ2v) is 7.23. The molecular weight excluding hydrogens is 447 g/mol. The number of nitrogens with two attached hydrogens (primary N) is 1. The van der Waals surface area contributed by atoms with Crippen molar-refractivity contribution in [3.05, 3.63) is 101 Å². The van der Waals surface area contributed by atoms with E-state index in [0.717, 1.165) is 29.8 Å². The summed E-state index contributed by atoms with van der Waals surface area (Å²) in [5.74, 6) is -1.09. The van der Waals surface area contributed by atoms with Crippen LogP contribution in [0.25, 0.3) is 0 Å². The van der Waals surface area contributed by atoms with Gasteiger partial charge in [-0.25, -0.2) is 4.99 Å². The number of para-hydroxylation sites is 1. The summed E-state index contributed by atoms with van der Waals surface area (Å²) in [6.45, 7) is 0. The Kier molecular flexibility index (Phi) is 6.13. The first-order valence-corrected chi connectivity index (χ1v) is 10.0. The molecule has 10 heteroatoms. The van der Waals surface area contributed by atoms with E-state index in [-0.39, 0.29) is 5.56 Å². The highest BCUT2D eigenvalue weighted by atomic mass is 19.4. The number of hydrogen-bond donors (Lipinski definition) is 3. The van der Waals surface area contributed by atoms with Crippen molar-refractivity contribution in [2.45, 2.75) is 12.3 Å². The van der Waals surface area contributed by atoms with Gasteiger partial charge in [-0.2, -0.15) is 18.2 Å². The predicted octanol–water partition coefficient (Wildman–Crippen LogP) is 4.18. The highest BCUT2D eigenvalue weighted by Gasteiger charge is 2.30. The van der Waals surface area contributed by atoms with Gasteiger partial charge in [0.25, 0.3) is 11.9 Å². The van der Waals surface area contributed by atoms with E-state index in [9.17, 15) is 18.0 Å². The van der Waals surface area contributed by atoms with Crippen LogP contribution in [0.15, 0.2) is 88.8 Å². The number of ether oxygens (including phenoxy) is 1. The molecule has 0 saturated carbocycles. The number of halogens is 3. The van der Waals surface area contributed by atoms with Crippen LogP contribution in [-0.2, 0) is 15.7 Å². The van der Waals surface area contributed by atoms with Crippen LogP contribution in [0.2, 0.25) is 0 Å². The van der Waals surface area contributed by atoms with Crippen LogP contribution in [0.4, 0.5) is 18.9 Å². The normalized spacial score (nSPS) is 16.1. The first-order valence-electron chi connectivity index (χ1n) is 10.0. The third-order valence-electron chi connectivity index (χ3n) is 4.90. The predicted molar refractivity (Wildman–Crippen MR) is 122 cm³/mol. The number of anilines is 1. The van der Waals surface area contributed by atoms with Crippen LogP contribution in [0.3, 0.4) is 0 Å². The van der Waals surface area contributed by atoms with E-state index < -0.39 is 35.7 Å². The van der Waals surface area contributed by atoms with E-state index in [1.54, 1.807) is 12.1 Å². The van der Waals surface area contributed by atoms with Gasteiger partial charge in [0.1, 0.15) is 0 Å². The number of carbonyl (C=O) groups is 1. The Morgan fingerprint density at radius 3 is 2.32 bits per heavy atom. The molecule has 1 unspecified atom stereocenters. The maximum absolute atomic E-state index is 12.8. The Hall–Kier alpha value is -4.47. The zero-order chi connectivity index (χ0) is 24.3. The quantitative estimate of drug-likeness (QED) is 0.398. The third-order valence-corrected chi connectivity index (χ3v) is 4.90. The van der Waals surface area contributed by atoms with Crippen molar-refractivity contribution >= 4 is 29.2 Å². The van der Waals surface area contributed by atoms with Crippen LogP contribution < -0.4 is 11.1 Å². The average molecular weight is 465 g/mol. The van der Waals surface area contributed by atoms with Gasteiger partial charge in [0.15, 0.2) is 0 Å². The van der Waals surface area contributed by atoms with E-state index in [4.69, 9.17) is 15.9 Å². The number of fused-ring (bicyclic) bond motifs is 1. The molecule has 0 aromatic heterocycles. The second-order valence-electron chi connectivity index (χ2n) is 7.23. The van der Waals surface area contributed by atoms with Crippen LogP contribution >= 0.6 is 0 Å². The molecule has 172 valence electrons. The van der Waals surface area contributed by atoms with E-state index in [0.29, 0.717) is 17.0 Å². The zero-order valence-electron chi connectivity index (χ0n) is 17.5. The number of alkyl halides is 3. The molecule has 3 aromatic rings. The van der Waals surface area contributed by atoms with Gasteiger partial charge in [-0.1, -0.05) is 48.5 Å². The van der Waals surface area contributed by atoms with Crippen LogP contribution in [0.1, 0.15) is 22.3 Å². The van der Waals surface area contributed by atoms with Crippen molar-refractivity contribution in [3.63, 3.8) is 0 Å². The number of amides is 1. The Morgan fingerprint density at radius 1 is 1.00 bits per heavy atom. The van der Waals surface area contributed by atoms with Gasteiger partial charge in [-0.15, -0.1) is 0 Å². The number of rotatable bonds is 3. The van der Waals surface area contributed by atoms with Gasteiger partial charge in [0.2, 0.25) is 12.1 Å². The van der Waals surface area contributed by atoms with Crippen molar-refractivity contribution in [2.75, 3.05) is 5.32 Å². The molecule has 0 saturated heterocycles. The Labute approximate surface area is 192 Å². The van der Waals surface area contributed by atoms with Crippen LogP contribution in [0, 0.1) is 5.41 Å². The van der Waals surface area contributed by atoms with Gasteiger partial charge in [0, 0.05) is 16.7 Å². The molecule has 1 atom stereocenters. The van der Waals surface area contributed by atoms with Gasteiger partial charge in [-0.3, -0.25) is 10.2 Å². The minimum Gasteiger partial charge on any atom is -0.407 e. The summed E-state index contributed by atoms with van der Waals surface area (Å²) in [4.78, 5) is 21.3. The Balaban J connectivity index is 1.61. The standard InChI is InChI=1S/C24H18F3N5O2/c25-24(26,27)16-12-10-15(11-13-16)20(28)34-23(29)32-21-22(33)30-18-9-5-4-8-17(18)19(31-21)14-6-2-1-3-7-14/h1-13,21,28H,(H2,29,32)(H,30,33). The summed E-state index contributed by atoms with van der Waals surface area (Å²) >= 11 is 0. The molecule has 1 heterocycles. The maximum atomic E-state index is 12.8. The summed E-state index contributed by atoms with van der Waals surface area (Å²) < 4.78 is 43.4. The molecule has 0 spiro atoms. The Bertz CT molecular complexity index is 1290. The van der Waals surface area contributed by atoms with Gasteiger partial charge < -0.3 is 15.8 Å². The lowest BCUT2D eigenvalue weighted by Gasteiger charge is -2.11. The van der Waals surface area contributed by atoms with E-state index in [1.807, 2.05) is 42.5 Å². The molecule has 0 fully saturated rings. The largest absolute Gasteiger partial charge is 0.416 e. The van der Waals surface area contributed by atoms with Gasteiger partial charge >= 0.3 is 6.18 Å². The average Bonchev–Trinajstić information content (AvgIpc) is 2.95. The van der Waals surface area contributed by atoms with Crippen molar-refractivity contribution < 1.29 is 22.7 Å². The van der Waals surface area contributed by atoms with Crippen LogP contribution in [-0.4, -0.2) is 29.7 Å². The van der Waals surface area contributed by atoms with Crippen molar-refractivity contribution in [3.8, 4) is 0 Å². The molecule has 0 bridgehead atoms. The summed E-state index contributed by atoms with van der Waals surface area (Å²) in [5.41, 5.74) is 7.50. The summed E-state index contributed by atoms with van der Waals surface area (Å²) in [6, 6.07) is 19.6. The fraction of sp³-hybridized carbons (Fsp3) is 0.0833. The molecule has 34 heavy (non-hydrogen) atoms. The lowest BCUT2D eigenvalue weighted by Crippen LogP contribution is -2.29. The Morgan fingerprint density at radius 2 is 1.65 bits per heavy atom. The molecule has 3 aromatic carbocycles. The number of nitrogens with zero attached hydrogens (tertiary/aromatic N) is 2. The number of nitrogens with one attached hydrogen (secondary N) is 2. The molecular formula is C24H18F3N5O2. The number of amidine groups is 1. The molecule has 4 N–H and O–H groups in total. The number of aliphatic imine (C=N–C) groups is 2. The number of hydrogen-bond acceptors (Lipinski definition) is 5. The molecule has 7 nitrogen and oxygen atoms in total. The lowest BCUT2D eigenvalue weighted by atomic mass is 10.0.